The van der Waals surface area contributed by atoms with E-state index in [1.807, 2.05) is 32.5 Å². The summed E-state index contributed by atoms with van der Waals surface area (Å²) >= 11 is 0. The van der Waals surface area contributed by atoms with Gasteiger partial charge >= 0.3 is 6.03 Å². The molecule has 0 saturated heterocycles. The topological polar surface area (TPSA) is 88.1 Å². The Bertz CT molecular complexity index is 782. The van der Waals surface area contributed by atoms with Gasteiger partial charge in [0.1, 0.15) is 0 Å². The summed E-state index contributed by atoms with van der Waals surface area (Å²) in [4.78, 5) is 23.8. The van der Waals surface area contributed by atoms with Gasteiger partial charge in [-0.15, -0.1) is 0 Å². The van der Waals surface area contributed by atoms with Crippen molar-refractivity contribution in [1.29, 1.82) is 0 Å². The number of anilines is 1. The monoisotopic (exact) mass is 343 g/mol. The van der Waals surface area contributed by atoms with E-state index in [2.05, 4.69) is 21.0 Å². The molecule has 0 radical (unpaired) electrons. The van der Waals surface area contributed by atoms with Crippen LogP contribution in [-0.4, -0.2) is 34.8 Å². The molecule has 0 spiro atoms. The Morgan fingerprint density at radius 1 is 1.28 bits per heavy atom. The Balaban J connectivity index is 1.97. The quantitative estimate of drug-likeness (QED) is 0.777. The van der Waals surface area contributed by atoms with Gasteiger partial charge in [-0.2, -0.15) is 5.10 Å². The fraction of sp³-hybridized carbons (Fsp3) is 0.389. The lowest BCUT2D eigenvalue weighted by Crippen LogP contribution is -2.37. The minimum Gasteiger partial charge on any atom is -0.355 e. The Morgan fingerprint density at radius 3 is 2.60 bits per heavy atom. The van der Waals surface area contributed by atoms with Crippen LogP contribution in [0.25, 0.3) is 0 Å². The number of nitrogens with one attached hydrogen (secondary N) is 3. The number of hydrogen-bond acceptors (Lipinski definition) is 3. The predicted octanol–water partition coefficient (Wildman–Crippen LogP) is 2.15. The first kappa shape index (κ1) is 18.5. The lowest BCUT2D eigenvalue weighted by molar-refractivity contribution is 0.0963. The summed E-state index contributed by atoms with van der Waals surface area (Å²) < 4.78 is 1.85. The number of nitrogens with zero attached hydrogens (tertiary/aromatic N) is 2. The Hall–Kier alpha value is -2.83. The first-order chi connectivity index (χ1) is 11.8. The Labute approximate surface area is 147 Å². The van der Waals surface area contributed by atoms with Crippen molar-refractivity contribution in [3.63, 3.8) is 0 Å². The number of benzene rings is 1. The molecule has 0 aliphatic carbocycles. The standard InChI is InChI=1S/C18H25N5O2/c1-11(9-16-12(2)22-23(5)13(16)3)20-18(25)21-15-8-6-7-14(10-15)17(24)19-4/h6-8,10-11H,9H2,1-5H3,(H,19,24)(H2,20,21,25)/t11-/m0/s1. The van der Waals surface area contributed by atoms with Gasteiger partial charge in [0.25, 0.3) is 5.91 Å². The zero-order valence-corrected chi connectivity index (χ0v) is 15.3. The highest BCUT2D eigenvalue weighted by atomic mass is 16.2. The van der Waals surface area contributed by atoms with E-state index >= 15 is 0 Å². The SMILES string of the molecule is CNC(=O)c1cccc(NC(=O)N[C@@H](C)Cc2c(C)nn(C)c2C)c1. The normalized spacial score (nSPS) is 11.7. The molecule has 2 aromatic rings. The van der Waals surface area contributed by atoms with Crippen molar-refractivity contribution in [1.82, 2.24) is 20.4 Å². The lowest BCUT2D eigenvalue weighted by atomic mass is 10.1. The third-order valence-electron chi connectivity index (χ3n) is 4.16. The fourth-order valence-electron chi connectivity index (χ4n) is 2.74. The molecule has 3 N–H and O–H groups in total. The van der Waals surface area contributed by atoms with Gasteiger partial charge in [0.05, 0.1) is 5.69 Å². The lowest BCUT2D eigenvalue weighted by Gasteiger charge is -2.15. The van der Waals surface area contributed by atoms with E-state index in [4.69, 9.17) is 0 Å². The van der Waals surface area contributed by atoms with Crippen LogP contribution in [0.4, 0.5) is 10.5 Å². The fourth-order valence-corrected chi connectivity index (χ4v) is 2.74. The van der Waals surface area contributed by atoms with E-state index in [1.165, 1.54) is 0 Å². The molecule has 1 aromatic carbocycles. The largest absolute Gasteiger partial charge is 0.355 e. The van der Waals surface area contributed by atoms with Crippen LogP contribution in [0.15, 0.2) is 24.3 Å². The number of aryl methyl sites for hydroxylation is 2. The van der Waals surface area contributed by atoms with Crippen molar-refractivity contribution in [3.8, 4) is 0 Å². The second-order valence-corrected chi connectivity index (χ2v) is 6.14. The average Bonchev–Trinajstić information content (AvgIpc) is 2.80. The van der Waals surface area contributed by atoms with Crippen molar-refractivity contribution < 1.29 is 9.59 Å². The summed E-state index contributed by atoms with van der Waals surface area (Å²) in [6.07, 6.45) is 0.706. The van der Waals surface area contributed by atoms with Crippen LogP contribution in [0.2, 0.25) is 0 Å². The molecule has 1 atom stereocenters. The highest BCUT2D eigenvalue weighted by Crippen LogP contribution is 2.14. The van der Waals surface area contributed by atoms with E-state index in [9.17, 15) is 9.59 Å². The van der Waals surface area contributed by atoms with Crippen LogP contribution in [0.3, 0.4) is 0 Å². The summed E-state index contributed by atoms with van der Waals surface area (Å²) in [7, 11) is 3.48. The van der Waals surface area contributed by atoms with Crippen molar-refractivity contribution in [2.75, 3.05) is 12.4 Å². The number of hydrogen-bond donors (Lipinski definition) is 3. The first-order valence-electron chi connectivity index (χ1n) is 8.20. The van der Waals surface area contributed by atoms with Gasteiger partial charge in [0, 0.05) is 37.1 Å². The molecule has 0 unspecified atom stereocenters. The van der Waals surface area contributed by atoms with E-state index in [1.54, 1.807) is 31.3 Å². The van der Waals surface area contributed by atoms with Crippen LogP contribution in [0.1, 0.15) is 34.2 Å². The van der Waals surface area contributed by atoms with E-state index in [-0.39, 0.29) is 18.0 Å². The van der Waals surface area contributed by atoms with Gasteiger partial charge in [-0.25, -0.2) is 4.79 Å². The molecule has 0 aliphatic rings. The highest BCUT2D eigenvalue weighted by Gasteiger charge is 2.15. The number of carbonyl (C=O) groups excluding carboxylic acids is 2. The predicted molar refractivity (Wildman–Crippen MR) is 97.8 cm³/mol. The maximum atomic E-state index is 12.2. The summed E-state index contributed by atoms with van der Waals surface area (Å²) in [6.45, 7) is 5.94. The minimum atomic E-state index is -0.305. The molecule has 0 fully saturated rings. The van der Waals surface area contributed by atoms with E-state index in [0.29, 0.717) is 17.7 Å². The van der Waals surface area contributed by atoms with Crippen LogP contribution in [0, 0.1) is 13.8 Å². The third-order valence-corrected chi connectivity index (χ3v) is 4.16. The third kappa shape index (κ3) is 4.59. The van der Waals surface area contributed by atoms with Crippen LogP contribution >= 0.6 is 0 Å². The Kier molecular flexibility index (Phi) is 5.80. The smallest absolute Gasteiger partial charge is 0.319 e. The number of aromatic nitrogens is 2. The van der Waals surface area contributed by atoms with Crippen LogP contribution < -0.4 is 16.0 Å². The molecule has 7 heteroatoms. The van der Waals surface area contributed by atoms with Crippen molar-refractivity contribution >= 4 is 17.6 Å². The molecule has 0 aliphatic heterocycles. The van der Waals surface area contributed by atoms with Crippen molar-refractivity contribution in [2.24, 2.45) is 7.05 Å². The molecule has 0 saturated carbocycles. The molecule has 1 aromatic heterocycles. The summed E-state index contributed by atoms with van der Waals surface area (Å²) in [5.41, 5.74) is 4.29. The molecular formula is C18H25N5O2. The number of carbonyl (C=O) groups is 2. The number of rotatable bonds is 5. The Morgan fingerprint density at radius 2 is 2.00 bits per heavy atom. The molecule has 2 rings (SSSR count). The van der Waals surface area contributed by atoms with Gasteiger partial charge in [-0.3, -0.25) is 9.48 Å². The van der Waals surface area contributed by atoms with Crippen molar-refractivity contribution in [3.05, 3.63) is 46.8 Å². The molecule has 0 bridgehead atoms. The summed E-state index contributed by atoms with van der Waals surface area (Å²) in [5, 5.41) is 12.6. The minimum absolute atomic E-state index is 0.0521. The zero-order chi connectivity index (χ0) is 18.6. The zero-order valence-electron chi connectivity index (χ0n) is 15.3. The number of urea groups is 1. The van der Waals surface area contributed by atoms with Gasteiger partial charge < -0.3 is 16.0 Å². The molecular weight excluding hydrogens is 318 g/mol. The second kappa shape index (κ2) is 7.83. The van der Waals surface area contributed by atoms with Gasteiger partial charge in [0.15, 0.2) is 0 Å². The maximum Gasteiger partial charge on any atom is 0.319 e. The molecule has 25 heavy (non-hydrogen) atoms. The number of amides is 3. The highest BCUT2D eigenvalue weighted by molar-refractivity contribution is 5.96. The van der Waals surface area contributed by atoms with Crippen molar-refractivity contribution in [2.45, 2.75) is 33.2 Å². The summed E-state index contributed by atoms with van der Waals surface area (Å²) in [6, 6.07) is 6.44. The summed E-state index contributed by atoms with van der Waals surface area (Å²) in [5.74, 6) is -0.194. The average molecular weight is 343 g/mol. The molecule has 7 nitrogen and oxygen atoms in total. The van der Waals surface area contributed by atoms with E-state index < -0.39 is 0 Å². The van der Waals surface area contributed by atoms with E-state index in [0.717, 1.165) is 17.0 Å². The molecule has 134 valence electrons. The van der Waals surface area contributed by atoms with Gasteiger partial charge in [-0.05, 0) is 51.0 Å². The molecule has 3 amide bonds. The van der Waals surface area contributed by atoms with Crippen LogP contribution in [0.5, 0.6) is 0 Å². The van der Waals surface area contributed by atoms with Gasteiger partial charge in [0.2, 0.25) is 0 Å². The molecule has 1 heterocycles. The first-order valence-corrected chi connectivity index (χ1v) is 8.20. The second-order valence-electron chi connectivity index (χ2n) is 6.14. The van der Waals surface area contributed by atoms with Gasteiger partial charge in [-0.1, -0.05) is 6.07 Å². The maximum absolute atomic E-state index is 12.2. The van der Waals surface area contributed by atoms with Crippen LogP contribution in [-0.2, 0) is 13.5 Å².